The summed E-state index contributed by atoms with van der Waals surface area (Å²) in [5.41, 5.74) is 0.375. The number of ether oxygens (including phenoxy) is 2. The maximum atomic E-state index is 12.9. The Balaban J connectivity index is 1.46. The monoisotopic (exact) mass is 515 g/mol. The molecule has 0 aliphatic carbocycles. The molecule has 0 fully saturated rings. The predicted molar refractivity (Wildman–Crippen MR) is 122 cm³/mol. The molecule has 4 rings (SSSR count). The molecule has 2 aromatic carbocycles. The lowest BCUT2D eigenvalue weighted by Crippen LogP contribution is -2.14. The summed E-state index contributed by atoms with van der Waals surface area (Å²) in [6, 6.07) is 16.5. The largest absolute Gasteiger partial charge is 0.492 e. The van der Waals surface area contributed by atoms with Crippen molar-refractivity contribution >= 4 is 31.6 Å². The van der Waals surface area contributed by atoms with E-state index >= 15 is 0 Å². The average Bonchev–Trinajstić information content (AvgIpc) is 3.32. The quantitative estimate of drug-likeness (QED) is 0.370. The van der Waals surface area contributed by atoms with Gasteiger partial charge in [0.2, 0.25) is 5.88 Å². The van der Waals surface area contributed by atoms with E-state index in [9.17, 15) is 8.42 Å². The molecule has 0 aliphatic rings. The average molecular weight is 516 g/mol. The molecule has 0 saturated carbocycles. The van der Waals surface area contributed by atoms with Crippen molar-refractivity contribution in [3.8, 4) is 23.2 Å². The smallest absolute Gasteiger partial charge is 0.265 e. The van der Waals surface area contributed by atoms with Gasteiger partial charge in [-0.05, 0) is 61.5 Å². The third-order valence-corrected chi connectivity index (χ3v) is 6.08. The number of nitrogens with one attached hydrogen (secondary N) is 1. The Bertz CT molecular complexity index is 1300. The molecule has 11 heteroatoms. The second-order valence-electron chi connectivity index (χ2n) is 6.44. The molecule has 0 unspecified atom stereocenters. The Hall–Kier alpha value is -3.44. The van der Waals surface area contributed by atoms with Gasteiger partial charge in [-0.25, -0.2) is 13.1 Å². The first-order valence-electron chi connectivity index (χ1n) is 9.51. The number of nitrogens with zero attached hydrogens (tertiary/aromatic N) is 4. The lowest BCUT2D eigenvalue weighted by molar-refractivity contribution is 0.331. The zero-order valence-corrected chi connectivity index (χ0v) is 19.2. The van der Waals surface area contributed by atoms with Gasteiger partial charge in [0.05, 0.1) is 6.61 Å². The fourth-order valence-electron chi connectivity index (χ4n) is 2.78. The van der Waals surface area contributed by atoms with Crippen LogP contribution in [0.1, 0.15) is 6.92 Å². The van der Waals surface area contributed by atoms with Gasteiger partial charge in [-0.15, -0.1) is 10.2 Å². The molecule has 0 spiro atoms. The summed E-state index contributed by atoms with van der Waals surface area (Å²) < 4.78 is 41.7. The van der Waals surface area contributed by atoms with Crippen molar-refractivity contribution in [1.82, 2.24) is 20.0 Å². The summed E-state index contributed by atoms with van der Waals surface area (Å²) in [6.07, 6.45) is 3.41. The standard InChI is InChI=1S/C21H18BrN5O4S/c1-2-30-18-9-4-15(22)14-19(18)32(28,29)26-16-5-7-17(8-6-16)31-21-11-10-20(24-25-21)27-13-3-12-23-27/h3-14,26H,2H2,1H3. The van der Waals surface area contributed by atoms with E-state index in [1.807, 2.05) is 0 Å². The van der Waals surface area contributed by atoms with Gasteiger partial charge in [0.25, 0.3) is 10.0 Å². The van der Waals surface area contributed by atoms with Gasteiger partial charge >= 0.3 is 0 Å². The third-order valence-electron chi connectivity index (χ3n) is 4.19. The normalized spacial score (nSPS) is 11.2. The molecule has 9 nitrogen and oxygen atoms in total. The van der Waals surface area contributed by atoms with Gasteiger partial charge in [0.1, 0.15) is 16.4 Å². The van der Waals surface area contributed by atoms with Crippen LogP contribution >= 0.6 is 15.9 Å². The molecule has 4 aromatic rings. The van der Waals surface area contributed by atoms with Crippen LogP contribution in [0.4, 0.5) is 5.69 Å². The Morgan fingerprint density at radius 1 is 1.06 bits per heavy atom. The molecule has 2 aromatic heterocycles. The highest BCUT2D eigenvalue weighted by Gasteiger charge is 2.20. The molecule has 0 amide bonds. The number of benzene rings is 2. The Kier molecular flexibility index (Phi) is 6.37. The van der Waals surface area contributed by atoms with Crippen LogP contribution in [0.2, 0.25) is 0 Å². The maximum absolute atomic E-state index is 12.9. The number of aromatic nitrogens is 4. The van der Waals surface area contributed by atoms with E-state index in [0.29, 0.717) is 34.2 Å². The van der Waals surface area contributed by atoms with Crippen LogP contribution in [0.5, 0.6) is 17.4 Å². The molecule has 0 atom stereocenters. The summed E-state index contributed by atoms with van der Waals surface area (Å²) in [5, 5.41) is 12.2. The minimum absolute atomic E-state index is 0.0431. The molecule has 0 saturated heterocycles. The van der Waals surface area contributed by atoms with Crippen LogP contribution < -0.4 is 14.2 Å². The van der Waals surface area contributed by atoms with Crippen LogP contribution in [0.15, 0.2) is 82.4 Å². The molecule has 1 N–H and O–H groups in total. The zero-order chi connectivity index (χ0) is 22.6. The van der Waals surface area contributed by atoms with E-state index in [1.165, 1.54) is 6.07 Å². The summed E-state index contributed by atoms with van der Waals surface area (Å²) in [6.45, 7) is 2.14. The van der Waals surface area contributed by atoms with Crippen LogP contribution in [-0.4, -0.2) is 35.0 Å². The highest BCUT2D eigenvalue weighted by Crippen LogP contribution is 2.30. The minimum atomic E-state index is -3.86. The van der Waals surface area contributed by atoms with E-state index in [-0.39, 0.29) is 10.6 Å². The second kappa shape index (κ2) is 9.37. The molecule has 2 heterocycles. The number of hydrogen-bond donors (Lipinski definition) is 1. The summed E-state index contributed by atoms with van der Waals surface area (Å²) in [5.74, 6) is 1.61. The predicted octanol–water partition coefficient (Wildman–Crippen LogP) is 4.42. The Morgan fingerprint density at radius 2 is 1.88 bits per heavy atom. The fraction of sp³-hybridized carbons (Fsp3) is 0.0952. The van der Waals surface area contributed by atoms with E-state index < -0.39 is 10.0 Å². The lowest BCUT2D eigenvalue weighted by atomic mass is 10.3. The summed E-state index contributed by atoms with van der Waals surface area (Å²) in [4.78, 5) is 0.0431. The molecule has 32 heavy (non-hydrogen) atoms. The number of halogens is 1. The fourth-order valence-corrected chi connectivity index (χ4v) is 4.53. The van der Waals surface area contributed by atoms with Gasteiger partial charge in [-0.1, -0.05) is 15.9 Å². The second-order valence-corrected chi connectivity index (χ2v) is 9.00. The highest BCUT2D eigenvalue weighted by atomic mass is 79.9. The molecule has 164 valence electrons. The van der Waals surface area contributed by atoms with Crippen molar-refractivity contribution < 1.29 is 17.9 Å². The molecular weight excluding hydrogens is 498 g/mol. The van der Waals surface area contributed by atoms with Crippen molar-refractivity contribution in [2.45, 2.75) is 11.8 Å². The van der Waals surface area contributed by atoms with Crippen LogP contribution in [-0.2, 0) is 10.0 Å². The third kappa shape index (κ3) is 5.06. The Labute approximate surface area is 193 Å². The number of sulfonamides is 1. The number of hydrogen-bond acceptors (Lipinski definition) is 7. The minimum Gasteiger partial charge on any atom is -0.492 e. The molecule has 0 bridgehead atoms. The summed E-state index contributed by atoms with van der Waals surface area (Å²) >= 11 is 3.30. The van der Waals surface area contributed by atoms with E-state index in [2.05, 4.69) is 35.9 Å². The summed E-state index contributed by atoms with van der Waals surface area (Å²) in [7, 11) is -3.86. The van der Waals surface area contributed by atoms with Gasteiger partial charge in [0, 0.05) is 28.6 Å². The first-order chi connectivity index (χ1) is 15.4. The molecular formula is C21H18BrN5O4S. The number of rotatable bonds is 8. The van der Waals surface area contributed by atoms with Crippen molar-refractivity contribution in [1.29, 1.82) is 0 Å². The van der Waals surface area contributed by atoms with Crippen molar-refractivity contribution in [3.63, 3.8) is 0 Å². The van der Waals surface area contributed by atoms with E-state index in [1.54, 1.807) is 78.6 Å². The first-order valence-corrected chi connectivity index (χ1v) is 11.8. The molecule has 0 aliphatic heterocycles. The molecule has 0 radical (unpaired) electrons. The van der Waals surface area contributed by atoms with Crippen molar-refractivity contribution in [3.05, 3.63) is 77.5 Å². The maximum Gasteiger partial charge on any atom is 0.265 e. The highest BCUT2D eigenvalue weighted by molar-refractivity contribution is 9.10. The van der Waals surface area contributed by atoms with Crippen LogP contribution in [0.25, 0.3) is 5.82 Å². The lowest BCUT2D eigenvalue weighted by Gasteiger charge is -2.13. The van der Waals surface area contributed by atoms with E-state index in [0.717, 1.165) is 0 Å². The number of anilines is 1. The van der Waals surface area contributed by atoms with Crippen LogP contribution in [0.3, 0.4) is 0 Å². The van der Waals surface area contributed by atoms with Gasteiger partial charge in [0.15, 0.2) is 5.82 Å². The van der Waals surface area contributed by atoms with Gasteiger partial charge in [-0.2, -0.15) is 5.10 Å². The van der Waals surface area contributed by atoms with E-state index in [4.69, 9.17) is 9.47 Å². The van der Waals surface area contributed by atoms with Gasteiger partial charge in [-0.3, -0.25) is 4.72 Å². The zero-order valence-electron chi connectivity index (χ0n) is 16.8. The van der Waals surface area contributed by atoms with Gasteiger partial charge < -0.3 is 9.47 Å². The first kappa shape index (κ1) is 21.8. The topological polar surface area (TPSA) is 108 Å². The van der Waals surface area contributed by atoms with Crippen molar-refractivity contribution in [2.75, 3.05) is 11.3 Å². The SMILES string of the molecule is CCOc1ccc(Br)cc1S(=O)(=O)Nc1ccc(Oc2ccc(-n3cccn3)nn2)cc1. The van der Waals surface area contributed by atoms with Crippen LogP contribution in [0, 0.1) is 0 Å². The Morgan fingerprint density at radius 3 is 2.53 bits per heavy atom. The van der Waals surface area contributed by atoms with Crippen molar-refractivity contribution in [2.24, 2.45) is 0 Å².